The Balaban J connectivity index is 1.84. The second-order valence-electron chi connectivity index (χ2n) is 16.3. The lowest BCUT2D eigenvalue weighted by Gasteiger charge is -2.39. The molecule has 0 radical (unpaired) electrons. The van der Waals surface area contributed by atoms with Gasteiger partial charge in [-0.25, -0.2) is 8.42 Å². The summed E-state index contributed by atoms with van der Waals surface area (Å²) in [5, 5.41) is 0. The van der Waals surface area contributed by atoms with Crippen LogP contribution in [0.1, 0.15) is 118 Å². The van der Waals surface area contributed by atoms with Gasteiger partial charge in [-0.15, -0.1) is 24.7 Å². The Kier molecular flexibility index (Phi) is 12.5. The Bertz CT molecular complexity index is 1410. The standard InChI is InChI=1S/C38H55NO7S/c1-9-11-14-18-30(41)34(43)26(17-12-10-2)21-31(42)33-32-29(37(32,6)7)24-39(33)35(44)28(36(3,4)5)22-27(40)23-38(25-47(8,45)46)19-15-13-16-20-38/h1-2,26,28-29,32-33H,11-25H2,3-8H3/t26?,28-,29?,32+,33-/m1/s1. The van der Waals surface area contributed by atoms with Crippen LogP contribution in [-0.2, 0) is 33.8 Å². The molecule has 3 aliphatic rings. The maximum absolute atomic E-state index is 14.4. The first-order valence-corrected chi connectivity index (χ1v) is 19.3. The van der Waals surface area contributed by atoms with Gasteiger partial charge in [0.25, 0.3) is 0 Å². The van der Waals surface area contributed by atoms with E-state index >= 15 is 0 Å². The molecule has 47 heavy (non-hydrogen) atoms. The molecule has 260 valence electrons. The van der Waals surface area contributed by atoms with Crippen molar-refractivity contribution >= 4 is 38.9 Å². The smallest absolute Gasteiger partial charge is 0.227 e. The monoisotopic (exact) mass is 669 g/mol. The van der Waals surface area contributed by atoms with E-state index in [0.717, 1.165) is 19.3 Å². The van der Waals surface area contributed by atoms with E-state index in [2.05, 4.69) is 25.7 Å². The van der Waals surface area contributed by atoms with Gasteiger partial charge in [0.05, 0.1) is 11.8 Å². The van der Waals surface area contributed by atoms with E-state index in [9.17, 15) is 32.4 Å². The fourth-order valence-electron chi connectivity index (χ4n) is 8.44. The van der Waals surface area contributed by atoms with Crippen molar-refractivity contribution in [1.29, 1.82) is 0 Å². The molecule has 1 amide bonds. The van der Waals surface area contributed by atoms with E-state index in [1.165, 1.54) is 6.26 Å². The fourth-order valence-corrected chi connectivity index (χ4v) is 9.95. The molecule has 0 spiro atoms. The van der Waals surface area contributed by atoms with Crippen LogP contribution < -0.4 is 0 Å². The Morgan fingerprint density at radius 1 is 0.957 bits per heavy atom. The quantitative estimate of drug-likeness (QED) is 0.115. The molecule has 1 saturated heterocycles. The van der Waals surface area contributed by atoms with Crippen LogP contribution in [0.5, 0.6) is 0 Å². The Labute approximate surface area is 282 Å². The second kappa shape index (κ2) is 15.2. The Morgan fingerprint density at radius 3 is 2.13 bits per heavy atom. The zero-order valence-electron chi connectivity index (χ0n) is 29.4. The summed E-state index contributed by atoms with van der Waals surface area (Å²) in [6.45, 7) is 10.3. The van der Waals surface area contributed by atoms with Gasteiger partial charge in [0.2, 0.25) is 11.7 Å². The lowest BCUT2D eigenvalue weighted by Crippen LogP contribution is -2.51. The number of unbranched alkanes of at least 4 members (excludes halogenated alkanes) is 1. The van der Waals surface area contributed by atoms with E-state index < -0.39 is 50.1 Å². The number of Topliss-reactive ketones (excluding diaryl/α,β-unsaturated/α-hetero) is 4. The van der Waals surface area contributed by atoms with Crippen LogP contribution in [0.3, 0.4) is 0 Å². The maximum Gasteiger partial charge on any atom is 0.227 e. The van der Waals surface area contributed by atoms with Gasteiger partial charge in [-0.2, -0.15) is 0 Å². The summed E-state index contributed by atoms with van der Waals surface area (Å²) in [6.07, 6.45) is 17.2. The summed E-state index contributed by atoms with van der Waals surface area (Å²) in [5.74, 6) is 1.59. The molecular weight excluding hydrogens is 614 g/mol. The molecule has 0 aromatic carbocycles. The zero-order valence-corrected chi connectivity index (χ0v) is 30.2. The third-order valence-corrected chi connectivity index (χ3v) is 12.2. The van der Waals surface area contributed by atoms with Crippen LogP contribution in [-0.4, -0.2) is 67.0 Å². The van der Waals surface area contributed by atoms with Gasteiger partial charge in [-0.1, -0.05) is 53.9 Å². The molecule has 2 unspecified atom stereocenters. The largest absolute Gasteiger partial charge is 0.332 e. The van der Waals surface area contributed by atoms with E-state index in [1.807, 2.05) is 20.8 Å². The highest BCUT2D eigenvalue weighted by atomic mass is 32.2. The SMILES string of the molecule is C#CCCCC(=O)C(=O)C(CCC#C)CC(=O)[C@@H]1[C@@H]2C(CN1C(=O)[C@@H](CC(=O)CC1(CS(C)(=O)=O)CCCCC1)C(C)(C)C)C2(C)C. The molecular formula is C38H55NO7S. The lowest BCUT2D eigenvalue weighted by atomic mass is 9.70. The van der Waals surface area contributed by atoms with Crippen LogP contribution in [0.2, 0.25) is 0 Å². The van der Waals surface area contributed by atoms with Crippen LogP contribution in [0, 0.1) is 64.6 Å². The van der Waals surface area contributed by atoms with E-state index in [-0.39, 0.29) is 79.0 Å². The van der Waals surface area contributed by atoms with Gasteiger partial charge in [0, 0.05) is 63.2 Å². The number of nitrogens with zero attached hydrogens (tertiary/aromatic N) is 1. The van der Waals surface area contributed by atoms with Crippen molar-refractivity contribution in [3.05, 3.63) is 0 Å². The number of terminal acetylenes is 2. The van der Waals surface area contributed by atoms with E-state index in [4.69, 9.17) is 12.8 Å². The van der Waals surface area contributed by atoms with Crippen molar-refractivity contribution in [2.24, 2.45) is 39.9 Å². The van der Waals surface area contributed by atoms with E-state index in [0.29, 0.717) is 32.2 Å². The Hall–Kier alpha value is -2.78. The van der Waals surface area contributed by atoms with E-state index in [1.54, 1.807) is 4.90 Å². The van der Waals surface area contributed by atoms with Crippen LogP contribution in [0.4, 0.5) is 0 Å². The number of hydrogen-bond acceptors (Lipinski definition) is 7. The van der Waals surface area contributed by atoms with Crippen molar-refractivity contribution in [3.8, 4) is 24.7 Å². The molecule has 0 bridgehead atoms. The maximum atomic E-state index is 14.4. The Morgan fingerprint density at radius 2 is 1.57 bits per heavy atom. The number of sulfone groups is 1. The lowest BCUT2D eigenvalue weighted by molar-refractivity contribution is -0.148. The number of amides is 1. The molecule has 5 atom stereocenters. The summed E-state index contributed by atoms with van der Waals surface area (Å²) < 4.78 is 24.7. The average Bonchev–Trinajstić information content (AvgIpc) is 3.27. The molecule has 0 N–H and O–H groups in total. The molecule has 9 heteroatoms. The number of carbonyl (C=O) groups is 5. The number of rotatable bonds is 17. The summed E-state index contributed by atoms with van der Waals surface area (Å²) in [5.41, 5.74) is -1.37. The molecule has 1 heterocycles. The molecule has 3 rings (SSSR count). The molecule has 2 saturated carbocycles. The summed E-state index contributed by atoms with van der Waals surface area (Å²) in [4.78, 5) is 69.8. The van der Waals surface area contributed by atoms with Crippen molar-refractivity contribution < 1.29 is 32.4 Å². The molecule has 3 fully saturated rings. The molecule has 0 aromatic rings. The van der Waals surface area contributed by atoms with Gasteiger partial charge in [-0.3, -0.25) is 24.0 Å². The van der Waals surface area contributed by atoms with Crippen molar-refractivity contribution in [3.63, 3.8) is 0 Å². The average molecular weight is 670 g/mol. The third kappa shape index (κ3) is 9.65. The van der Waals surface area contributed by atoms with Gasteiger partial charge in [-0.05, 0) is 53.8 Å². The minimum Gasteiger partial charge on any atom is -0.332 e. The second-order valence-corrected chi connectivity index (χ2v) is 18.5. The van der Waals surface area contributed by atoms with Gasteiger partial charge in [0.15, 0.2) is 11.6 Å². The normalized spacial score (nSPS) is 24.3. The van der Waals surface area contributed by atoms with Crippen LogP contribution in [0.15, 0.2) is 0 Å². The number of carbonyl (C=O) groups excluding carboxylic acids is 5. The molecule has 1 aliphatic heterocycles. The van der Waals surface area contributed by atoms with Crippen LogP contribution >= 0.6 is 0 Å². The fraction of sp³-hybridized carbons (Fsp3) is 0.763. The zero-order chi connectivity index (χ0) is 35.4. The van der Waals surface area contributed by atoms with Crippen molar-refractivity contribution in [2.75, 3.05) is 18.6 Å². The highest BCUT2D eigenvalue weighted by Gasteiger charge is 2.69. The summed E-state index contributed by atoms with van der Waals surface area (Å²) >= 11 is 0. The molecule has 8 nitrogen and oxygen atoms in total. The first-order valence-electron chi connectivity index (χ1n) is 17.2. The topological polar surface area (TPSA) is 123 Å². The highest BCUT2D eigenvalue weighted by molar-refractivity contribution is 7.90. The van der Waals surface area contributed by atoms with Crippen molar-refractivity contribution in [1.82, 2.24) is 4.90 Å². The first-order chi connectivity index (χ1) is 21.8. The van der Waals surface area contributed by atoms with Crippen LogP contribution in [0.25, 0.3) is 0 Å². The predicted octanol–water partition coefficient (Wildman–Crippen LogP) is 5.41. The summed E-state index contributed by atoms with van der Waals surface area (Å²) in [7, 11) is -3.31. The number of piperidine rings is 1. The summed E-state index contributed by atoms with van der Waals surface area (Å²) in [6, 6.07) is -0.755. The van der Waals surface area contributed by atoms with Gasteiger partial charge < -0.3 is 4.90 Å². The van der Waals surface area contributed by atoms with Gasteiger partial charge in [0.1, 0.15) is 15.6 Å². The number of ketones is 4. The molecule has 0 aromatic heterocycles. The van der Waals surface area contributed by atoms with Gasteiger partial charge >= 0.3 is 0 Å². The third-order valence-electron chi connectivity index (χ3n) is 11.1. The number of hydrogen-bond donors (Lipinski definition) is 0. The van der Waals surface area contributed by atoms with Crippen molar-refractivity contribution in [2.45, 2.75) is 124 Å². The molecule has 2 aliphatic carbocycles. The predicted molar refractivity (Wildman–Crippen MR) is 183 cm³/mol. The number of fused-ring (bicyclic) bond motifs is 1. The minimum absolute atomic E-state index is 0.0162. The first kappa shape index (κ1) is 38.7. The minimum atomic E-state index is -3.31. The number of likely N-dealkylation sites (tertiary alicyclic amines) is 1. The highest BCUT2D eigenvalue weighted by Crippen LogP contribution is 2.65.